The van der Waals surface area contributed by atoms with Gasteiger partial charge in [-0.2, -0.15) is 18.3 Å². The van der Waals surface area contributed by atoms with Crippen LogP contribution in [-0.4, -0.2) is 50.1 Å². The zero-order valence-corrected chi connectivity index (χ0v) is 19.2. The van der Waals surface area contributed by atoms with E-state index in [4.69, 9.17) is 10.5 Å². The van der Waals surface area contributed by atoms with Crippen LogP contribution in [0.25, 0.3) is 28.2 Å². The minimum absolute atomic E-state index is 0.202. The van der Waals surface area contributed by atoms with Gasteiger partial charge in [0.05, 0.1) is 29.8 Å². The summed E-state index contributed by atoms with van der Waals surface area (Å²) in [7, 11) is 0. The topological polar surface area (TPSA) is 98.6 Å². The van der Waals surface area contributed by atoms with E-state index in [9.17, 15) is 18.0 Å². The predicted octanol–water partition coefficient (Wildman–Crippen LogP) is 4.45. The molecule has 0 aliphatic carbocycles. The van der Waals surface area contributed by atoms with Crippen LogP contribution < -0.4 is 10.5 Å². The molecule has 1 fully saturated rings. The van der Waals surface area contributed by atoms with Crippen LogP contribution in [0.1, 0.15) is 24.8 Å². The number of fused-ring (bicyclic) bond motifs is 1. The van der Waals surface area contributed by atoms with Crippen molar-refractivity contribution in [1.82, 2.24) is 24.5 Å². The highest BCUT2D eigenvalue weighted by atomic mass is 19.4. The van der Waals surface area contributed by atoms with Crippen LogP contribution in [0.2, 0.25) is 0 Å². The highest BCUT2D eigenvalue weighted by Gasteiger charge is 2.34. The van der Waals surface area contributed by atoms with Crippen LogP contribution in [0.15, 0.2) is 54.9 Å². The number of ether oxygens (including phenoxy) is 1. The molecule has 2 N–H and O–H groups in total. The van der Waals surface area contributed by atoms with E-state index in [1.165, 1.54) is 16.9 Å². The third kappa shape index (κ3) is 4.81. The zero-order chi connectivity index (χ0) is 25.3. The minimum Gasteiger partial charge on any atom is -0.494 e. The van der Waals surface area contributed by atoms with Crippen molar-refractivity contribution in [3.63, 3.8) is 0 Å². The molecular formula is C25H23F3N6O2. The first-order valence-corrected chi connectivity index (χ1v) is 11.5. The fourth-order valence-electron chi connectivity index (χ4n) is 4.17. The van der Waals surface area contributed by atoms with Gasteiger partial charge in [-0.15, -0.1) is 0 Å². The minimum atomic E-state index is -4.62. The first kappa shape index (κ1) is 23.6. The second kappa shape index (κ2) is 9.48. The lowest BCUT2D eigenvalue weighted by Crippen LogP contribution is -2.26. The first-order chi connectivity index (χ1) is 17.3. The second-order valence-electron chi connectivity index (χ2n) is 8.50. The average Bonchev–Trinajstić information content (AvgIpc) is 3.47. The summed E-state index contributed by atoms with van der Waals surface area (Å²) in [6.07, 6.45) is 0.411. The molecule has 0 radical (unpaired) electrons. The number of benzene rings is 1. The molecule has 1 aliphatic heterocycles. The van der Waals surface area contributed by atoms with Crippen molar-refractivity contribution in [2.45, 2.75) is 25.4 Å². The molecule has 1 aliphatic rings. The lowest BCUT2D eigenvalue weighted by atomic mass is 10.1. The van der Waals surface area contributed by atoms with Crippen LogP contribution in [0, 0.1) is 0 Å². The number of nitrogens with zero attached hydrogens (tertiary/aromatic N) is 5. The van der Waals surface area contributed by atoms with Gasteiger partial charge in [0, 0.05) is 36.8 Å². The predicted molar refractivity (Wildman–Crippen MR) is 127 cm³/mol. The van der Waals surface area contributed by atoms with Gasteiger partial charge < -0.3 is 15.4 Å². The number of rotatable bonds is 7. The molecule has 5 rings (SSSR count). The summed E-state index contributed by atoms with van der Waals surface area (Å²) >= 11 is 0. The highest BCUT2D eigenvalue weighted by Crippen LogP contribution is 2.35. The van der Waals surface area contributed by atoms with Gasteiger partial charge in [0.2, 0.25) is 5.91 Å². The van der Waals surface area contributed by atoms with Crippen molar-refractivity contribution in [3.05, 3.63) is 60.4 Å². The third-order valence-corrected chi connectivity index (χ3v) is 6.04. The molecule has 8 nitrogen and oxygen atoms in total. The number of nitrogen functional groups attached to an aromatic ring is 1. The van der Waals surface area contributed by atoms with Crippen LogP contribution in [-0.2, 0) is 11.0 Å². The van der Waals surface area contributed by atoms with Gasteiger partial charge in [-0.1, -0.05) is 0 Å². The van der Waals surface area contributed by atoms with E-state index in [-0.39, 0.29) is 11.5 Å². The molecular weight excluding hydrogens is 473 g/mol. The molecule has 0 saturated carbocycles. The van der Waals surface area contributed by atoms with Crippen LogP contribution in [0.3, 0.4) is 0 Å². The maximum absolute atomic E-state index is 13.3. The Labute approximate surface area is 204 Å². The van der Waals surface area contributed by atoms with Gasteiger partial charge >= 0.3 is 6.18 Å². The standard InChI is InChI=1S/C25H23F3N6O2/c26-25(27,28)19-13-17(14-31-24(19)29)21-15-30-22-9-8-20(32-34(21)22)16-4-6-18(7-5-16)36-12-2-11-33-10-1-3-23(33)35/h4-9,13-15H,1-3,10-12H2,(H2,29,31). The van der Waals surface area contributed by atoms with E-state index in [1.54, 1.807) is 12.1 Å². The summed E-state index contributed by atoms with van der Waals surface area (Å²) in [6.45, 7) is 2.02. The third-order valence-electron chi connectivity index (χ3n) is 6.04. The van der Waals surface area contributed by atoms with Crippen molar-refractivity contribution < 1.29 is 22.7 Å². The van der Waals surface area contributed by atoms with Crippen molar-refractivity contribution in [2.24, 2.45) is 0 Å². The number of anilines is 1. The molecule has 36 heavy (non-hydrogen) atoms. The van der Waals surface area contributed by atoms with E-state index in [1.807, 2.05) is 29.2 Å². The molecule has 0 spiro atoms. The molecule has 0 unspecified atom stereocenters. The number of halogens is 3. The fraction of sp³-hybridized carbons (Fsp3) is 0.280. The molecule has 1 amide bonds. The van der Waals surface area contributed by atoms with Gasteiger partial charge in [-0.05, 0) is 55.3 Å². The van der Waals surface area contributed by atoms with E-state index >= 15 is 0 Å². The number of hydrogen-bond acceptors (Lipinski definition) is 6. The molecule has 4 aromatic rings. The molecule has 3 aromatic heterocycles. The van der Waals surface area contributed by atoms with E-state index in [2.05, 4.69) is 15.1 Å². The van der Waals surface area contributed by atoms with Crippen molar-refractivity contribution in [3.8, 4) is 28.3 Å². The normalized spacial score (nSPS) is 14.1. The van der Waals surface area contributed by atoms with Gasteiger partial charge in [0.15, 0.2) is 5.65 Å². The highest BCUT2D eigenvalue weighted by molar-refractivity contribution is 5.78. The molecule has 4 heterocycles. The van der Waals surface area contributed by atoms with Crippen LogP contribution in [0.5, 0.6) is 5.75 Å². The Morgan fingerprint density at radius 3 is 2.56 bits per heavy atom. The van der Waals surface area contributed by atoms with Crippen molar-refractivity contribution >= 4 is 17.4 Å². The number of amides is 1. The Bertz CT molecular complexity index is 1400. The number of pyridine rings is 1. The van der Waals surface area contributed by atoms with Gasteiger partial charge in [0.25, 0.3) is 0 Å². The Morgan fingerprint density at radius 1 is 1.03 bits per heavy atom. The maximum Gasteiger partial charge on any atom is 0.419 e. The zero-order valence-electron chi connectivity index (χ0n) is 19.2. The average molecular weight is 496 g/mol. The molecule has 1 saturated heterocycles. The number of nitrogens with two attached hydrogens (primary N) is 1. The Morgan fingerprint density at radius 2 is 1.83 bits per heavy atom. The lowest BCUT2D eigenvalue weighted by Gasteiger charge is -2.15. The van der Waals surface area contributed by atoms with E-state index in [0.717, 1.165) is 31.0 Å². The van der Waals surface area contributed by atoms with Crippen molar-refractivity contribution in [2.75, 3.05) is 25.4 Å². The monoisotopic (exact) mass is 496 g/mol. The Hall–Kier alpha value is -4.15. The summed E-state index contributed by atoms with van der Waals surface area (Å²) in [4.78, 5) is 21.5. The lowest BCUT2D eigenvalue weighted by molar-refractivity contribution is -0.137. The number of carbonyl (C=O) groups excluding carboxylic acids is 1. The fourth-order valence-corrected chi connectivity index (χ4v) is 4.17. The largest absolute Gasteiger partial charge is 0.494 e. The summed E-state index contributed by atoms with van der Waals surface area (Å²) in [5.41, 5.74) is 6.89. The molecule has 186 valence electrons. The number of aromatic nitrogens is 4. The van der Waals surface area contributed by atoms with Crippen LogP contribution >= 0.6 is 0 Å². The Kier molecular flexibility index (Phi) is 6.21. The SMILES string of the molecule is Nc1ncc(-c2cnc3ccc(-c4ccc(OCCCN5CCCC5=O)cc4)nn23)cc1C(F)(F)F. The smallest absolute Gasteiger partial charge is 0.419 e. The number of alkyl halides is 3. The van der Waals surface area contributed by atoms with Crippen LogP contribution in [0.4, 0.5) is 19.0 Å². The number of likely N-dealkylation sites (tertiary alicyclic amines) is 1. The number of hydrogen-bond donors (Lipinski definition) is 1. The summed E-state index contributed by atoms with van der Waals surface area (Å²) < 4.78 is 47.2. The Balaban J connectivity index is 1.32. The maximum atomic E-state index is 13.3. The number of imidazole rings is 1. The van der Waals surface area contributed by atoms with Gasteiger partial charge in [0.1, 0.15) is 11.6 Å². The number of carbonyl (C=O) groups is 1. The summed E-state index contributed by atoms with van der Waals surface area (Å²) in [5, 5.41) is 4.59. The summed E-state index contributed by atoms with van der Waals surface area (Å²) in [6, 6.07) is 11.9. The quantitative estimate of drug-likeness (QED) is 0.380. The molecule has 1 aromatic carbocycles. The first-order valence-electron chi connectivity index (χ1n) is 11.5. The molecule has 0 atom stereocenters. The van der Waals surface area contributed by atoms with Crippen molar-refractivity contribution in [1.29, 1.82) is 0 Å². The summed E-state index contributed by atoms with van der Waals surface area (Å²) in [5.74, 6) is 0.322. The molecule has 0 bridgehead atoms. The second-order valence-corrected chi connectivity index (χ2v) is 8.50. The molecule has 11 heteroatoms. The van der Waals surface area contributed by atoms with Gasteiger partial charge in [-0.3, -0.25) is 4.79 Å². The van der Waals surface area contributed by atoms with E-state index in [0.29, 0.717) is 42.4 Å². The van der Waals surface area contributed by atoms with Gasteiger partial charge in [-0.25, -0.2) is 14.5 Å². The van der Waals surface area contributed by atoms with E-state index < -0.39 is 17.6 Å².